The molecule has 1 atom stereocenters. The molecule has 4 heteroatoms. The van der Waals surface area contributed by atoms with E-state index in [4.69, 9.17) is 4.74 Å². The highest BCUT2D eigenvalue weighted by Gasteiger charge is 2.27. The van der Waals surface area contributed by atoms with Crippen LogP contribution < -0.4 is 5.32 Å². The molecule has 0 amide bonds. The Balaban J connectivity index is 2.13. The van der Waals surface area contributed by atoms with E-state index in [-0.39, 0.29) is 12.1 Å². The minimum absolute atomic E-state index is 0.0504. The Hall–Kier alpha value is -1.71. The Morgan fingerprint density at radius 2 is 2.47 bits per heavy atom. The summed E-state index contributed by atoms with van der Waals surface area (Å²) in [4.78, 5) is 13.5. The Morgan fingerprint density at radius 3 is 3.13 bits per heavy atom. The van der Waals surface area contributed by atoms with Crippen molar-refractivity contribution in [2.45, 2.75) is 20.0 Å². The molecule has 1 N–H and O–H groups in total. The monoisotopic (exact) mass is 206 g/mol. The highest BCUT2D eigenvalue weighted by molar-refractivity contribution is 5.88. The zero-order valence-electron chi connectivity index (χ0n) is 8.86. The number of rotatable bonds is 2. The van der Waals surface area contributed by atoms with Crippen LogP contribution in [0.1, 0.15) is 13.8 Å². The van der Waals surface area contributed by atoms with Crippen molar-refractivity contribution in [2.75, 3.05) is 6.61 Å². The maximum atomic E-state index is 11.5. The molecule has 0 spiro atoms. The van der Waals surface area contributed by atoms with Crippen molar-refractivity contribution in [3.8, 4) is 0 Å². The summed E-state index contributed by atoms with van der Waals surface area (Å²) in [5, 5.41) is 3.09. The number of nitrogens with one attached hydrogen (secondary N) is 1. The van der Waals surface area contributed by atoms with Crippen LogP contribution >= 0.6 is 0 Å². The van der Waals surface area contributed by atoms with Crippen molar-refractivity contribution in [2.24, 2.45) is 0 Å². The van der Waals surface area contributed by atoms with Crippen LogP contribution in [0.5, 0.6) is 0 Å². The number of hydrogen-bond acceptors (Lipinski definition) is 4. The predicted octanol–water partition coefficient (Wildman–Crippen LogP) is 1.10. The lowest BCUT2D eigenvalue weighted by Crippen LogP contribution is -2.35. The average Bonchev–Trinajstić information content (AvgIpc) is 2.63. The van der Waals surface area contributed by atoms with E-state index in [0.29, 0.717) is 12.3 Å². The number of carbonyl (C=O) groups is 1. The van der Waals surface area contributed by atoms with Crippen LogP contribution in [0.4, 0.5) is 0 Å². The topological polar surface area (TPSA) is 41.6 Å². The smallest absolute Gasteiger partial charge is 0.355 e. The van der Waals surface area contributed by atoms with Gasteiger partial charge in [0.25, 0.3) is 0 Å². The molecule has 0 aromatic rings. The lowest BCUT2D eigenvalue weighted by atomic mass is 10.2. The fourth-order valence-electron chi connectivity index (χ4n) is 1.65. The molecule has 0 fully saturated rings. The number of nitrogens with zero attached hydrogens (tertiary/aromatic N) is 1. The molecule has 0 saturated heterocycles. The van der Waals surface area contributed by atoms with Gasteiger partial charge in [-0.05, 0) is 26.0 Å². The van der Waals surface area contributed by atoms with Gasteiger partial charge in [0, 0.05) is 11.9 Å². The van der Waals surface area contributed by atoms with Gasteiger partial charge in [-0.25, -0.2) is 4.79 Å². The molecule has 80 valence electrons. The molecular weight excluding hydrogens is 192 g/mol. The largest absolute Gasteiger partial charge is 0.461 e. The van der Waals surface area contributed by atoms with Crippen molar-refractivity contribution in [1.82, 2.24) is 10.2 Å². The van der Waals surface area contributed by atoms with E-state index in [9.17, 15) is 4.79 Å². The molecule has 0 radical (unpaired) electrons. The third kappa shape index (κ3) is 1.75. The Labute approximate surface area is 88.9 Å². The number of ether oxygens (including phenoxy) is 1. The summed E-state index contributed by atoms with van der Waals surface area (Å²) < 4.78 is 4.93. The van der Waals surface area contributed by atoms with Crippen LogP contribution in [0.2, 0.25) is 0 Å². The number of carbonyl (C=O) groups excluding carboxylic acids is 1. The summed E-state index contributed by atoms with van der Waals surface area (Å²) in [7, 11) is 0. The molecule has 0 aromatic heterocycles. The van der Waals surface area contributed by atoms with Gasteiger partial charge in [-0.1, -0.05) is 6.08 Å². The minimum Gasteiger partial charge on any atom is -0.461 e. The van der Waals surface area contributed by atoms with Gasteiger partial charge >= 0.3 is 5.97 Å². The molecule has 1 unspecified atom stereocenters. The van der Waals surface area contributed by atoms with E-state index in [2.05, 4.69) is 5.32 Å². The molecule has 2 aliphatic heterocycles. The SMILES string of the molecule is CCOC(=O)C1=CN2C(C)=CC=CC2N1. The quantitative estimate of drug-likeness (QED) is 0.687. The summed E-state index contributed by atoms with van der Waals surface area (Å²) in [6.45, 7) is 4.20. The van der Waals surface area contributed by atoms with Crippen LogP contribution in [0.15, 0.2) is 35.8 Å². The normalized spacial score (nSPS) is 22.8. The molecule has 2 aliphatic rings. The molecule has 0 aliphatic carbocycles. The molecule has 0 saturated carbocycles. The summed E-state index contributed by atoms with van der Waals surface area (Å²) in [5.41, 5.74) is 1.62. The van der Waals surface area contributed by atoms with Crippen LogP contribution in [0.3, 0.4) is 0 Å². The minimum atomic E-state index is -0.298. The second kappa shape index (κ2) is 3.81. The lowest BCUT2D eigenvalue weighted by Gasteiger charge is -2.25. The van der Waals surface area contributed by atoms with Crippen LogP contribution in [0, 0.1) is 0 Å². The van der Waals surface area contributed by atoms with Gasteiger partial charge in [-0.3, -0.25) is 0 Å². The second-order valence-electron chi connectivity index (χ2n) is 3.45. The number of esters is 1. The zero-order chi connectivity index (χ0) is 10.8. The fraction of sp³-hybridized carbons (Fsp3) is 0.364. The first-order valence-electron chi connectivity index (χ1n) is 5.01. The number of hydrogen-bond donors (Lipinski definition) is 1. The van der Waals surface area contributed by atoms with Gasteiger partial charge in [0.15, 0.2) is 0 Å². The van der Waals surface area contributed by atoms with Crippen LogP contribution in [-0.2, 0) is 9.53 Å². The second-order valence-corrected chi connectivity index (χ2v) is 3.45. The maximum absolute atomic E-state index is 11.5. The van der Waals surface area contributed by atoms with E-state index < -0.39 is 0 Å². The van der Waals surface area contributed by atoms with E-state index in [1.165, 1.54) is 0 Å². The zero-order valence-corrected chi connectivity index (χ0v) is 8.86. The first kappa shape index (κ1) is 9.83. The van der Waals surface area contributed by atoms with Gasteiger partial charge < -0.3 is 15.0 Å². The molecular formula is C11H14N2O2. The van der Waals surface area contributed by atoms with Gasteiger partial charge in [0.1, 0.15) is 11.9 Å². The highest BCUT2D eigenvalue weighted by Crippen LogP contribution is 2.21. The van der Waals surface area contributed by atoms with Gasteiger partial charge in [0.2, 0.25) is 0 Å². The molecule has 0 bridgehead atoms. The van der Waals surface area contributed by atoms with Crippen LogP contribution in [0.25, 0.3) is 0 Å². The third-order valence-electron chi connectivity index (χ3n) is 2.40. The van der Waals surface area contributed by atoms with Gasteiger partial charge in [0.05, 0.1) is 6.61 Å². The predicted molar refractivity (Wildman–Crippen MR) is 56.4 cm³/mol. The highest BCUT2D eigenvalue weighted by atomic mass is 16.5. The van der Waals surface area contributed by atoms with Crippen molar-refractivity contribution in [3.05, 3.63) is 35.8 Å². The first-order chi connectivity index (χ1) is 7.22. The first-order valence-corrected chi connectivity index (χ1v) is 5.01. The molecule has 2 heterocycles. The van der Waals surface area contributed by atoms with Crippen molar-refractivity contribution in [1.29, 1.82) is 0 Å². The Bertz CT molecular complexity index is 369. The number of fused-ring (bicyclic) bond motifs is 1. The van der Waals surface area contributed by atoms with E-state index in [1.54, 1.807) is 13.1 Å². The average molecular weight is 206 g/mol. The van der Waals surface area contributed by atoms with Crippen LogP contribution in [-0.4, -0.2) is 23.6 Å². The van der Waals surface area contributed by atoms with Crippen molar-refractivity contribution >= 4 is 5.97 Å². The standard InChI is InChI=1S/C11H14N2O2/c1-3-15-11(14)9-7-13-8(2)5-4-6-10(13)12-9/h4-7,10,12H,3H2,1-2H3. The van der Waals surface area contributed by atoms with E-state index in [1.807, 2.05) is 30.1 Å². The summed E-state index contributed by atoms with van der Waals surface area (Å²) in [6.07, 6.45) is 7.82. The third-order valence-corrected chi connectivity index (χ3v) is 2.40. The van der Waals surface area contributed by atoms with Gasteiger partial charge in [-0.2, -0.15) is 0 Å². The number of allylic oxidation sites excluding steroid dienone is 3. The van der Waals surface area contributed by atoms with E-state index >= 15 is 0 Å². The summed E-state index contributed by atoms with van der Waals surface area (Å²) in [6, 6.07) is 0. The summed E-state index contributed by atoms with van der Waals surface area (Å²) >= 11 is 0. The maximum Gasteiger partial charge on any atom is 0.355 e. The molecule has 15 heavy (non-hydrogen) atoms. The molecule has 0 aromatic carbocycles. The Kier molecular flexibility index (Phi) is 2.49. The molecule has 2 rings (SSSR count). The van der Waals surface area contributed by atoms with Crippen molar-refractivity contribution < 1.29 is 9.53 Å². The Morgan fingerprint density at radius 1 is 1.67 bits per heavy atom. The lowest BCUT2D eigenvalue weighted by molar-refractivity contribution is -0.138. The summed E-state index contributed by atoms with van der Waals surface area (Å²) in [5.74, 6) is -0.298. The van der Waals surface area contributed by atoms with E-state index in [0.717, 1.165) is 5.70 Å². The molecule has 4 nitrogen and oxygen atoms in total. The van der Waals surface area contributed by atoms with Gasteiger partial charge in [-0.15, -0.1) is 0 Å². The van der Waals surface area contributed by atoms with Crippen molar-refractivity contribution in [3.63, 3.8) is 0 Å². The fourth-order valence-corrected chi connectivity index (χ4v) is 1.65.